The number of aromatic nitrogens is 2. The third kappa shape index (κ3) is 2.52. The lowest BCUT2D eigenvalue weighted by Crippen LogP contribution is -2.00. The zero-order chi connectivity index (χ0) is 12.4. The number of aryl methyl sites for hydroxylation is 3. The molecule has 0 aliphatic heterocycles. The SMILES string of the molecule is CCCc1cc(Cl)n(-c2cc(C)ccc2C)n1. The topological polar surface area (TPSA) is 17.8 Å². The smallest absolute Gasteiger partial charge is 0.133 e. The quantitative estimate of drug-likeness (QED) is 0.800. The zero-order valence-corrected chi connectivity index (χ0v) is 11.3. The highest BCUT2D eigenvalue weighted by molar-refractivity contribution is 6.29. The van der Waals surface area contributed by atoms with E-state index in [4.69, 9.17) is 11.6 Å². The molecular weight excluding hydrogens is 232 g/mol. The summed E-state index contributed by atoms with van der Waals surface area (Å²) in [6.07, 6.45) is 2.05. The maximum absolute atomic E-state index is 6.24. The van der Waals surface area contributed by atoms with E-state index >= 15 is 0 Å². The second-order valence-corrected chi connectivity index (χ2v) is 4.80. The van der Waals surface area contributed by atoms with Crippen LogP contribution in [0.4, 0.5) is 0 Å². The van der Waals surface area contributed by atoms with Crippen molar-refractivity contribution in [1.82, 2.24) is 9.78 Å². The van der Waals surface area contributed by atoms with Crippen molar-refractivity contribution in [1.29, 1.82) is 0 Å². The fourth-order valence-electron chi connectivity index (χ4n) is 1.90. The van der Waals surface area contributed by atoms with Gasteiger partial charge in [-0.1, -0.05) is 37.1 Å². The molecule has 0 fully saturated rings. The van der Waals surface area contributed by atoms with Gasteiger partial charge in [0, 0.05) is 0 Å². The fraction of sp³-hybridized carbons (Fsp3) is 0.357. The van der Waals surface area contributed by atoms with Gasteiger partial charge in [0.2, 0.25) is 0 Å². The number of rotatable bonds is 3. The summed E-state index contributed by atoms with van der Waals surface area (Å²) in [5.41, 5.74) is 4.52. The van der Waals surface area contributed by atoms with Crippen LogP contribution in [0.5, 0.6) is 0 Å². The Labute approximate surface area is 107 Å². The monoisotopic (exact) mass is 248 g/mol. The third-order valence-corrected chi connectivity index (χ3v) is 3.08. The lowest BCUT2D eigenvalue weighted by molar-refractivity contribution is 0.803. The number of hydrogen-bond acceptors (Lipinski definition) is 1. The Hall–Kier alpha value is -1.28. The van der Waals surface area contributed by atoms with Gasteiger partial charge in [0.25, 0.3) is 0 Å². The van der Waals surface area contributed by atoms with Gasteiger partial charge in [-0.25, -0.2) is 4.68 Å². The van der Waals surface area contributed by atoms with Crippen LogP contribution < -0.4 is 0 Å². The van der Waals surface area contributed by atoms with Gasteiger partial charge in [0.05, 0.1) is 11.4 Å². The standard InChI is InChI=1S/C14H17ClN2/c1-4-5-12-9-14(15)17(16-12)13-8-10(2)6-7-11(13)3/h6-9H,4-5H2,1-3H3. The Kier molecular flexibility index (Phi) is 3.53. The Morgan fingerprint density at radius 2 is 2.00 bits per heavy atom. The van der Waals surface area contributed by atoms with Crippen molar-refractivity contribution in [2.45, 2.75) is 33.6 Å². The summed E-state index contributed by atoms with van der Waals surface area (Å²) < 4.78 is 1.83. The molecule has 0 aliphatic carbocycles. The molecule has 0 saturated carbocycles. The van der Waals surface area contributed by atoms with E-state index in [0.29, 0.717) is 5.15 Å². The Bertz CT molecular complexity index is 529. The van der Waals surface area contributed by atoms with Crippen molar-refractivity contribution in [2.24, 2.45) is 0 Å². The van der Waals surface area contributed by atoms with Crippen molar-refractivity contribution in [3.63, 3.8) is 0 Å². The van der Waals surface area contributed by atoms with Gasteiger partial charge in [-0.15, -0.1) is 0 Å². The predicted molar refractivity (Wildman–Crippen MR) is 72.0 cm³/mol. The molecule has 17 heavy (non-hydrogen) atoms. The summed E-state index contributed by atoms with van der Waals surface area (Å²) in [6.45, 7) is 6.30. The molecule has 3 heteroatoms. The molecule has 0 radical (unpaired) electrons. The molecule has 1 aromatic carbocycles. The second kappa shape index (κ2) is 4.92. The van der Waals surface area contributed by atoms with Gasteiger partial charge < -0.3 is 0 Å². The normalized spacial score (nSPS) is 10.8. The summed E-state index contributed by atoms with van der Waals surface area (Å²) in [4.78, 5) is 0. The van der Waals surface area contributed by atoms with Crippen LogP contribution in [0.25, 0.3) is 5.69 Å². The molecule has 1 aromatic heterocycles. The molecule has 0 spiro atoms. The van der Waals surface area contributed by atoms with Crippen LogP contribution in [0.2, 0.25) is 5.15 Å². The summed E-state index contributed by atoms with van der Waals surface area (Å²) in [5.74, 6) is 0. The molecule has 90 valence electrons. The predicted octanol–water partition coefficient (Wildman–Crippen LogP) is 4.10. The minimum absolute atomic E-state index is 0.683. The summed E-state index contributed by atoms with van der Waals surface area (Å²) in [5, 5.41) is 5.24. The molecule has 0 atom stereocenters. The molecule has 1 heterocycles. The van der Waals surface area contributed by atoms with Crippen LogP contribution in [-0.2, 0) is 6.42 Å². The number of hydrogen-bond donors (Lipinski definition) is 0. The van der Waals surface area contributed by atoms with Crippen LogP contribution >= 0.6 is 11.6 Å². The summed E-state index contributed by atoms with van der Waals surface area (Å²) in [6, 6.07) is 8.27. The first-order valence-corrected chi connectivity index (χ1v) is 6.31. The number of halogens is 1. The third-order valence-electron chi connectivity index (χ3n) is 2.82. The lowest BCUT2D eigenvalue weighted by Gasteiger charge is -2.08. The largest absolute Gasteiger partial charge is 0.222 e. The van der Waals surface area contributed by atoms with Crippen LogP contribution in [0.15, 0.2) is 24.3 Å². The molecule has 2 aromatic rings. The van der Waals surface area contributed by atoms with Gasteiger partial charge in [-0.05, 0) is 43.5 Å². The minimum atomic E-state index is 0.683. The summed E-state index contributed by atoms with van der Waals surface area (Å²) >= 11 is 6.24. The first kappa shape index (κ1) is 12.2. The van der Waals surface area contributed by atoms with Crippen molar-refractivity contribution in [3.05, 3.63) is 46.2 Å². The van der Waals surface area contributed by atoms with Gasteiger partial charge in [-0.3, -0.25) is 0 Å². The Morgan fingerprint density at radius 1 is 1.24 bits per heavy atom. The molecule has 0 N–H and O–H groups in total. The second-order valence-electron chi connectivity index (χ2n) is 4.41. The average molecular weight is 249 g/mol. The summed E-state index contributed by atoms with van der Waals surface area (Å²) in [7, 11) is 0. The molecule has 0 aliphatic rings. The van der Waals surface area contributed by atoms with Crippen molar-refractivity contribution in [2.75, 3.05) is 0 Å². The van der Waals surface area contributed by atoms with Crippen LogP contribution in [-0.4, -0.2) is 9.78 Å². The fourth-order valence-corrected chi connectivity index (χ4v) is 2.15. The Morgan fingerprint density at radius 3 is 2.71 bits per heavy atom. The molecule has 0 saturated heterocycles. The van der Waals surface area contributed by atoms with E-state index in [1.807, 2.05) is 10.7 Å². The number of benzene rings is 1. The number of nitrogens with zero attached hydrogens (tertiary/aromatic N) is 2. The minimum Gasteiger partial charge on any atom is -0.222 e. The molecule has 0 bridgehead atoms. The van der Waals surface area contributed by atoms with Crippen molar-refractivity contribution >= 4 is 11.6 Å². The van der Waals surface area contributed by atoms with E-state index in [0.717, 1.165) is 24.2 Å². The van der Waals surface area contributed by atoms with Gasteiger partial charge in [0.1, 0.15) is 5.15 Å². The molecule has 2 nitrogen and oxygen atoms in total. The first-order valence-electron chi connectivity index (χ1n) is 5.94. The van der Waals surface area contributed by atoms with Crippen LogP contribution in [0.1, 0.15) is 30.2 Å². The first-order chi connectivity index (χ1) is 8.11. The average Bonchev–Trinajstić information content (AvgIpc) is 2.64. The van der Waals surface area contributed by atoms with Crippen LogP contribution in [0.3, 0.4) is 0 Å². The van der Waals surface area contributed by atoms with Gasteiger partial charge in [0.15, 0.2) is 0 Å². The highest BCUT2D eigenvalue weighted by atomic mass is 35.5. The van der Waals surface area contributed by atoms with E-state index in [9.17, 15) is 0 Å². The van der Waals surface area contributed by atoms with Crippen molar-refractivity contribution in [3.8, 4) is 5.69 Å². The molecule has 2 rings (SSSR count). The lowest BCUT2D eigenvalue weighted by atomic mass is 10.1. The van der Waals surface area contributed by atoms with E-state index < -0.39 is 0 Å². The van der Waals surface area contributed by atoms with E-state index in [1.165, 1.54) is 11.1 Å². The van der Waals surface area contributed by atoms with Gasteiger partial charge in [-0.2, -0.15) is 5.10 Å². The zero-order valence-electron chi connectivity index (χ0n) is 10.5. The van der Waals surface area contributed by atoms with Gasteiger partial charge >= 0.3 is 0 Å². The molecule has 0 unspecified atom stereocenters. The van der Waals surface area contributed by atoms with E-state index in [2.05, 4.69) is 44.1 Å². The molecule has 0 amide bonds. The van der Waals surface area contributed by atoms with Crippen molar-refractivity contribution < 1.29 is 0 Å². The highest BCUT2D eigenvalue weighted by Gasteiger charge is 2.09. The van der Waals surface area contributed by atoms with E-state index in [1.54, 1.807) is 0 Å². The Balaban J connectivity index is 2.48. The maximum Gasteiger partial charge on any atom is 0.133 e. The molecular formula is C14H17ClN2. The van der Waals surface area contributed by atoms with Crippen LogP contribution in [0, 0.1) is 13.8 Å². The maximum atomic E-state index is 6.24. The highest BCUT2D eigenvalue weighted by Crippen LogP contribution is 2.21. The van der Waals surface area contributed by atoms with E-state index in [-0.39, 0.29) is 0 Å².